The van der Waals surface area contributed by atoms with Crippen molar-refractivity contribution in [1.29, 1.82) is 0 Å². The van der Waals surface area contributed by atoms with Crippen LogP contribution >= 0.6 is 0 Å². The van der Waals surface area contributed by atoms with E-state index in [0.717, 1.165) is 12.8 Å². The normalized spacial score (nSPS) is 27.1. The number of hydrogen-bond acceptors (Lipinski definition) is 4. The zero-order chi connectivity index (χ0) is 19.3. The molecule has 2 aliphatic heterocycles. The lowest BCUT2D eigenvalue weighted by Gasteiger charge is -2.33. The molecule has 2 heterocycles. The van der Waals surface area contributed by atoms with E-state index in [1.54, 1.807) is 0 Å². The second-order valence-corrected chi connectivity index (χ2v) is 10.1. The molecule has 0 aromatic rings. The van der Waals surface area contributed by atoms with Gasteiger partial charge >= 0.3 is 14.2 Å². The molecule has 2 rings (SSSR count). The molecule has 2 aliphatic rings. The highest BCUT2D eigenvalue weighted by Crippen LogP contribution is 2.53. The Kier molecular flexibility index (Phi) is 5.57. The van der Waals surface area contributed by atoms with Crippen molar-refractivity contribution in [3.63, 3.8) is 0 Å². The van der Waals surface area contributed by atoms with Gasteiger partial charge in [-0.15, -0.1) is 0 Å². The van der Waals surface area contributed by atoms with E-state index in [1.807, 2.05) is 0 Å². The summed E-state index contributed by atoms with van der Waals surface area (Å²) < 4.78 is 25.7. The highest BCUT2D eigenvalue weighted by Gasteiger charge is 2.67. The van der Waals surface area contributed by atoms with Gasteiger partial charge in [-0.2, -0.15) is 0 Å². The predicted molar refractivity (Wildman–Crippen MR) is 105 cm³/mol. The van der Waals surface area contributed by atoms with Crippen LogP contribution in [0.5, 0.6) is 0 Å². The maximum absolute atomic E-state index is 6.43. The molecule has 4 nitrogen and oxygen atoms in total. The summed E-state index contributed by atoms with van der Waals surface area (Å²) in [7, 11) is -0.687. The quantitative estimate of drug-likeness (QED) is 0.495. The van der Waals surface area contributed by atoms with E-state index in [4.69, 9.17) is 18.6 Å². The average Bonchev–Trinajstić information content (AvgIpc) is 2.79. The molecule has 2 saturated heterocycles. The molecule has 25 heavy (non-hydrogen) atoms. The third kappa shape index (κ3) is 3.69. The van der Waals surface area contributed by atoms with Gasteiger partial charge < -0.3 is 18.6 Å². The van der Waals surface area contributed by atoms with Gasteiger partial charge in [-0.1, -0.05) is 39.5 Å². The Morgan fingerprint density at radius 2 is 0.960 bits per heavy atom. The van der Waals surface area contributed by atoms with Gasteiger partial charge in [0.2, 0.25) is 0 Å². The van der Waals surface area contributed by atoms with Crippen LogP contribution in [-0.2, 0) is 18.6 Å². The van der Waals surface area contributed by atoms with E-state index in [9.17, 15) is 0 Å². The smallest absolute Gasteiger partial charge is 0.403 e. The van der Waals surface area contributed by atoms with Crippen molar-refractivity contribution in [1.82, 2.24) is 0 Å². The first-order chi connectivity index (χ1) is 11.2. The number of rotatable bonds is 6. The highest BCUT2D eigenvalue weighted by atomic mass is 16.7. The molecule has 0 bridgehead atoms. The third-order valence-corrected chi connectivity index (χ3v) is 6.90. The van der Waals surface area contributed by atoms with Gasteiger partial charge in [0, 0.05) is 5.21 Å². The molecule has 0 radical (unpaired) electrons. The molecule has 0 atom stereocenters. The van der Waals surface area contributed by atoms with Crippen molar-refractivity contribution < 1.29 is 18.6 Å². The zero-order valence-electron chi connectivity index (χ0n) is 18.1. The van der Waals surface area contributed by atoms with Gasteiger partial charge in [0.1, 0.15) is 0 Å². The van der Waals surface area contributed by atoms with Gasteiger partial charge in [-0.3, -0.25) is 0 Å². The Bertz CT molecular complexity index is 420. The SMILES string of the molecule is CCCCCC(C)(B1OC(C)(C)C(C)(C)O1)B1OC(C)(C)C(C)(C)O1. The third-order valence-electron chi connectivity index (χ3n) is 6.90. The number of unbranched alkanes of at least 4 members (excludes halogenated alkanes) is 2. The summed E-state index contributed by atoms with van der Waals surface area (Å²) >= 11 is 0. The maximum atomic E-state index is 6.43. The zero-order valence-corrected chi connectivity index (χ0v) is 18.1. The summed E-state index contributed by atoms with van der Waals surface area (Å²) in [5.74, 6) is 0. The molecule has 0 unspecified atom stereocenters. The van der Waals surface area contributed by atoms with Crippen molar-refractivity contribution in [2.75, 3.05) is 0 Å². The van der Waals surface area contributed by atoms with E-state index in [-0.39, 0.29) is 41.9 Å². The summed E-state index contributed by atoms with van der Waals surface area (Å²) in [4.78, 5) is 0. The molecule has 0 amide bonds. The van der Waals surface area contributed by atoms with Crippen LogP contribution in [0.4, 0.5) is 0 Å². The summed E-state index contributed by atoms with van der Waals surface area (Å²) in [6.07, 6.45) is 4.44. The van der Waals surface area contributed by atoms with Crippen molar-refractivity contribution in [2.45, 2.75) is 123 Å². The first-order valence-electron chi connectivity index (χ1n) is 9.90. The second kappa shape index (κ2) is 6.54. The Hall–Kier alpha value is -0.0301. The van der Waals surface area contributed by atoms with Gasteiger partial charge in [0.15, 0.2) is 0 Å². The van der Waals surface area contributed by atoms with E-state index in [2.05, 4.69) is 69.2 Å². The minimum absolute atomic E-state index is 0.343. The summed E-state index contributed by atoms with van der Waals surface area (Å²) in [6, 6.07) is 0. The lowest BCUT2D eigenvalue weighted by Crippen LogP contribution is -2.47. The van der Waals surface area contributed by atoms with Crippen LogP contribution in [0.2, 0.25) is 5.21 Å². The van der Waals surface area contributed by atoms with Crippen LogP contribution in [0.3, 0.4) is 0 Å². The molecule has 144 valence electrons. The van der Waals surface area contributed by atoms with E-state index in [1.165, 1.54) is 12.8 Å². The molecule has 0 aromatic heterocycles. The Morgan fingerprint density at radius 3 is 1.24 bits per heavy atom. The highest BCUT2D eigenvalue weighted by molar-refractivity contribution is 6.71. The lowest BCUT2D eigenvalue weighted by molar-refractivity contribution is 0.00578. The van der Waals surface area contributed by atoms with Gasteiger partial charge in [-0.05, 0) is 55.4 Å². The molecular weight excluding hydrogens is 314 g/mol. The minimum Gasteiger partial charge on any atom is -0.403 e. The fourth-order valence-corrected chi connectivity index (χ4v) is 3.33. The van der Waals surface area contributed by atoms with Crippen LogP contribution in [0.1, 0.15) is 94.9 Å². The molecule has 0 spiro atoms. The summed E-state index contributed by atoms with van der Waals surface area (Å²) in [6.45, 7) is 21.2. The Morgan fingerprint density at radius 1 is 0.640 bits per heavy atom. The Labute approximate surface area is 156 Å². The van der Waals surface area contributed by atoms with E-state index >= 15 is 0 Å². The summed E-state index contributed by atoms with van der Waals surface area (Å²) in [5.41, 5.74) is -1.42. The van der Waals surface area contributed by atoms with E-state index < -0.39 is 0 Å². The fraction of sp³-hybridized carbons (Fsp3) is 1.00. The first kappa shape index (κ1) is 21.3. The topological polar surface area (TPSA) is 36.9 Å². The van der Waals surface area contributed by atoms with E-state index in [0.29, 0.717) is 0 Å². The number of hydrogen-bond donors (Lipinski definition) is 0. The van der Waals surface area contributed by atoms with Gasteiger partial charge in [0.25, 0.3) is 0 Å². The standard InChI is InChI=1S/C19H38B2O4/c1-11-12-13-14-19(10,20-22-15(2,3)16(4,5)23-20)21-24-17(6,7)18(8,9)25-21/h11-14H2,1-10H3. The van der Waals surface area contributed by atoms with Crippen LogP contribution in [0, 0.1) is 0 Å². The molecule has 6 heteroatoms. The summed E-state index contributed by atoms with van der Waals surface area (Å²) in [5, 5.41) is -0.356. The van der Waals surface area contributed by atoms with Gasteiger partial charge in [0.05, 0.1) is 22.4 Å². The molecule has 0 aliphatic carbocycles. The lowest BCUT2D eigenvalue weighted by atomic mass is 9.38. The van der Waals surface area contributed by atoms with Gasteiger partial charge in [-0.25, -0.2) is 0 Å². The minimum atomic E-state index is -0.356. The molecule has 2 fully saturated rings. The molecule has 0 saturated carbocycles. The van der Waals surface area contributed by atoms with Crippen molar-refractivity contribution in [3.05, 3.63) is 0 Å². The molecular formula is C19H38B2O4. The largest absolute Gasteiger partial charge is 0.461 e. The maximum Gasteiger partial charge on any atom is 0.461 e. The van der Waals surface area contributed by atoms with Crippen molar-refractivity contribution in [2.24, 2.45) is 0 Å². The van der Waals surface area contributed by atoms with Crippen LogP contribution in [0.15, 0.2) is 0 Å². The molecule has 0 N–H and O–H groups in total. The van der Waals surface area contributed by atoms with Crippen LogP contribution < -0.4 is 0 Å². The van der Waals surface area contributed by atoms with Crippen LogP contribution in [-0.4, -0.2) is 36.6 Å². The predicted octanol–water partition coefficient (Wildman–Crippen LogP) is 5.05. The van der Waals surface area contributed by atoms with Crippen LogP contribution in [0.25, 0.3) is 0 Å². The molecule has 0 aromatic carbocycles. The second-order valence-electron chi connectivity index (χ2n) is 10.1. The monoisotopic (exact) mass is 352 g/mol. The average molecular weight is 352 g/mol. The van der Waals surface area contributed by atoms with Crippen molar-refractivity contribution >= 4 is 14.2 Å². The Balaban J connectivity index is 2.30. The first-order valence-corrected chi connectivity index (χ1v) is 9.90. The fourth-order valence-electron chi connectivity index (χ4n) is 3.33. The van der Waals surface area contributed by atoms with Crippen molar-refractivity contribution in [3.8, 4) is 0 Å².